The first-order chi connectivity index (χ1) is 16.2. The summed E-state index contributed by atoms with van der Waals surface area (Å²) in [6.07, 6.45) is 12.5. The smallest absolute Gasteiger partial charge is 0.143 e. The normalized spacial score (nSPS) is 17.6. The summed E-state index contributed by atoms with van der Waals surface area (Å²) >= 11 is 0. The number of hydrogen-bond donors (Lipinski definition) is 0. The molecule has 6 nitrogen and oxygen atoms in total. The third-order valence-corrected chi connectivity index (χ3v) is 7.09. The van der Waals surface area contributed by atoms with E-state index in [1.807, 2.05) is 24.3 Å². The van der Waals surface area contributed by atoms with Gasteiger partial charge in [-0.1, -0.05) is 57.6 Å². The van der Waals surface area contributed by atoms with Crippen LogP contribution in [0.2, 0.25) is 0 Å². The number of likely N-dealkylation sites (tertiary alicyclic amines) is 2. The average molecular weight is 532 g/mol. The first-order valence-corrected chi connectivity index (χ1v) is 13.4. The number of carbonyl (C=O) groups excluding carboxylic acids is 1. The Labute approximate surface area is 225 Å². The predicted molar refractivity (Wildman–Crippen MR) is 147 cm³/mol. The lowest BCUT2D eigenvalue weighted by Gasteiger charge is -2.44. The van der Waals surface area contributed by atoms with Gasteiger partial charge in [-0.05, 0) is 63.7 Å². The number of ether oxygens (including phenoxy) is 1. The fourth-order valence-electron chi connectivity index (χ4n) is 5.22. The summed E-state index contributed by atoms with van der Waals surface area (Å²) in [5.74, 6) is 0.650. The zero-order valence-corrected chi connectivity index (χ0v) is 23.1. The Hall–Kier alpha value is -1.21. The van der Waals surface area contributed by atoms with Crippen molar-refractivity contribution < 1.29 is 14.6 Å². The maximum absolute atomic E-state index is 12.6. The molecule has 2 saturated heterocycles. The highest BCUT2D eigenvalue weighted by Gasteiger charge is 2.30. The lowest BCUT2D eigenvalue weighted by Crippen LogP contribution is -2.57. The molecule has 1 aromatic rings. The van der Waals surface area contributed by atoms with Crippen LogP contribution in [0.25, 0.3) is 0 Å². The van der Waals surface area contributed by atoms with Gasteiger partial charge in [0, 0.05) is 19.6 Å². The van der Waals surface area contributed by atoms with Gasteiger partial charge in [-0.25, -0.2) is 0 Å². The number of piperidine rings is 2. The molecule has 2 heterocycles. The van der Waals surface area contributed by atoms with Crippen LogP contribution in [0.4, 0.5) is 10.5 Å². The van der Waals surface area contributed by atoms with E-state index in [-0.39, 0.29) is 31.0 Å². The number of halogens is 2. The molecule has 1 atom stereocenters. The summed E-state index contributed by atoms with van der Waals surface area (Å²) < 4.78 is 6.12. The predicted octanol–water partition coefficient (Wildman–Crippen LogP) is 5.72. The second-order valence-corrected chi connectivity index (χ2v) is 9.63. The van der Waals surface area contributed by atoms with Gasteiger partial charge in [-0.2, -0.15) is 0 Å². The molecule has 2 aliphatic heterocycles. The summed E-state index contributed by atoms with van der Waals surface area (Å²) in [7, 11) is 0. The summed E-state index contributed by atoms with van der Waals surface area (Å²) in [6.45, 7) is 7.87. The van der Waals surface area contributed by atoms with Crippen molar-refractivity contribution in [3.05, 3.63) is 24.3 Å². The zero-order valence-electron chi connectivity index (χ0n) is 21.5. The highest BCUT2D eigenvalue weighted by atomic mass is 35.5. The van der Waals surface area contributed by atoms with Gasteiger partial charge >= 0.3 is 0 Å². The van der Waals surface area contributed by atoms with Gasteiger partial charge in [0.25, 0.3) is 0 Å². The molecule has 1 amide bonds. The van der Waals surface area contributed by atoms with Crippen molar-refractivity contribution >= 4 is 36.6 Å². The maximum atomic E-state index is 12.6. The molecule has 1 aromatic carbocycles. The lowest BCUT2D eigenvalue weighted by molar-refractivity contribution is -0.248. The molecule has 0 radical (unpaired) electrons. The van der Waals surface area contributed by atoms with E-state index in [4.69, 9.17) is 4.74 Å². The van der Waals surface area contributed by atoms with E-state index in [2.05, 4.69) is 16.7 Å². The topological polar surface area (TPSA) is 59.1 Å². The molecule has 8 heteroatoms. The van der Waals surface area contributed by atoms with Crippen LogP contribution in [0.15, 0.2) is 24.3 Å². The summed E-state index contributed by atoms with van der Waals surface area (Å²) in [6, 6.07) is 7.60. The largest absolute Gasteiger partial charge is 0.530 e. The standard InChI is InChI=1S/C27H45N3O3.2ClH/c1-2-3-4-5-14-23-33-25-16-9-8-15-24(25)30(27(31)32)26(29-20-12-7-13-21-29)17-22-28-18-10-6-11-19-28;;/h8-9,15-16,26H,2-7,10-14,17-23H2,1H3,(H,31,32);2*1H/p-1. The van der Waals surface area contributed by atoms with E-state index < -0.39 is 6.09 Å². The number of para-hydroxylation sites is 2. The summed E-state index contributed by atoms with van der Waals surface area (Å²) in [4.78, 5) is 18.9. The number of amides is 1. The minimum atomic E-state index is -1.14. The number of carboxylic acid groups (broad SMARTS) is 1. The van der Waals surface area contributed by atoms with E-state index in [9.17, 15) is 9.90 Å². The molecular weight excluding hydrogens is 485 g/mol. The number of hydrogen-bond acceptors (Lipinski definition) is 5. The Morgan fingerprint density at radius 2 is 1.57 bits per heavy atom. The Morgan fingerprint density at radius 1 is 0.943 bits per heavy atom. The molecule has 0 bridgehead atoms. The first kappa shape index (κ1) is 31.8. The lowest BCUT2D eigenvalue weighted by atomic mass is 10.1. The van der Waals surface area contributed by atoms with Gasteiger partial charge in [0.05, 0.1) is 18.5 Å². The van der Waals surface area contributed by atoms with Crippen LogP contribution >= 0.6 is 24.8 Å². The van der Waals surface area contributed by atoms with Gasteiger partial charge in [-0.15, -0.1) is 24.8 Å². The Kier molecular flexibility index (Phi) is 16.5. The van der Waals surface area contributed by atoms with Crippen LogP contribution in [0, 0.1) is 0 Å². The van der Waals surface area contributed by atoms with E-state index in [1.54, 1.807) is 0 Å². The number of benzene rings is 1. The van der Waals surface area contributed by atoms with Crippen LogP contribution in [-0.2, 0) is 0 Å². The third-order valence-electron chi connectivity index (χ3n) is 7.09. The van der Waals surface area contributed by atoms with Crippen LogP contribution in [0.1, 0.15) is 84.0 Å². The number of anilines is 1. The van der Waals surface area contributed by atoms with Gasteiger partial charge < -0.3 is 24.4 Å². The number of unbranched alkanes of at least 4 members (excludes halogenated alkanes) is 4. The fraction of sp³-hybridized carbons (Fsp3) is 0.741. The first-order valence-electron chi connectivity index (χ1n) is 13.4. The molecule has 202 valence electrons. The minimum Gasteiger partial charge on any atom is -0.530 e. The molecule has 0 spiro atoms. The van der Waals surface area contributed by atoms with Crippen molar-refractivity contribution in [1.29, 1.82) is 0 Å². The quantitative estimate of drug-likeness (QED) is 0.305. The molecule has 2 aliphatic rings. The summed E-state index contributed by atoms with van der Waals surface area (Å²) in [5, 5.41) is 12.6. The number of carbonyl (C=O) groups is 1. The molecule has 0 aliphatic carbocycles. The van der Waals surface area contributed by atoms with Crippen LogP contribution in [0.5, 0.6) is 5.75 Å². The molecule has 0 N–H and O–H groups in total. The monoisotopic (exact) mass is 530 g/mol. The molecule has 1 unspecified atom stereocenters. The zero-order chi connectivity index (χ0) is 23.3. The van der Waals surface area contributed by atoms with Crippen molar-refractivity contribution in [1.82, 2.24) is 9.80 Å². The third kappa shape index (κ3) is 10.4. The van der Waals surface area contributed by atoms with E-state index in [1.165, 1.54) is 49.8 Å². The van der Waals surface area contributed by atoms with Crippen molar-refractivity contribution in [2.75, 3.05) is 44.2 Å². The highest BCUT2D eigenvalue weighted by Crippen LogP contribution is 2.32. The van der Waals surface area contributed by atoms with Crippen LogP contribution in [0.3, 0.4) is 0 Å². The minimum absolute atomic E-state index is 0. The molecule has 0 saturated carbocycles. The number of nitrogens with zero attached hydrogens (tertiary/aromatic N) is 3. The van der Waals surface area contributed by atoms with E-state index in [0.717, 1.165) is 64.8 Å². The Balaban J connectivity index is 0.00000306. The van der Waals surface area contributed by atoms with Crippen LogP contribution < -0.4 is 14.7 Å². The molecule has 3 rings (SSSR count). The fourth-order valence-corrected chi connectivity index (χ4v) is 5.22. The van der Waals surface area contributed by atoms with Crippen molar-refractivity contribution in [3.63, 3.8) is 0 Å². The van der Waals surface area contributed by atoms with Crippen molar-refractivity contribution in [2.24, 2.45) is 0 Å². The molecule has 0 aromatic heterocycles. The van der Waals surface area contributed by atoms with E-state index in [0.29, 0.717) is 18.0 Å². The maximum Gasteiger partial charge on any atom is 0.143 e. The second kappa shape index (κ2) is 18.1. The van der Waals surface area contributed by atoms with Crippen LogP contribution in [-0.4, -0.2) is 61.4 Å². The molecule has 35 heavy (non-hydrogen) atoms. The van der Waals surface area contributed by atoms with Crippen molar-refractivity contribution in [2.45, 2.75) is 90.1 Å². The average Bonchev–Trinajstić information content (AvgIpc) is 2.85. The Morgan fingerprint density at radius 3 is 2.23 bits per heavy atom. The second-order valence-electron chi connectivity index (χ2n) is 9.63. The van der Waals surface area contributed by atoms with E-state index >= 15 is 0 Å². The van der Waals surface area contributed by atoms with Gasteiger partial charge in [0.15, 0.2) is 0 Å². The van der Waals surface area contributed by atoms with Gasteiger partial charge in [0.1, 0.15) is 11.8 Å². The molecular formula is C27H46Cl2N3O3-. The number of rotatable bonds is 13. The van der Waals surface area contributed by atoms with Gasteiger partial charge in [-0.3, -0.25) is 4.90 Å². The molecule has 2 fully saturated rings. The SMILES string of the molecule is CCCCCCCOc1ccccc1N(C(=O)[O-])C(CCN1CCCCC1)N1CCCCC1.Cl.Cl. The Bertz CT molecular complexity index is 698. The van der Waals surface area contributed by atoms with Gasteiger partial charge in [0.2, 0.25) is 0 Å². The van der Waals surface area contributed by atoms with Crippen molar-refractivity contribution in [3.8, 4) is 5.75 Å². The summed E-state index contributed by atoms with van der Waals surface area (Å²) in [5.41, 5.74) is 0.625. The highest BCUT2D eigenvalue weighted by molar-refractivity contribution is 5.87.